The number of ether oxygens (including phenoxy) is 4. The quantitative estimate of drug-likeness (QED) is 0.0222. The zero-order chi connectivity index (χ0) is 72.8. The number of hydrogen-bond donors (Lipinski definition) is 3. The Hall–Kier alpha value is -1.94. The summed E-state index contributed by atoms with van der Waals surface area (Å²) < 4.78 is 68.7. The molecule has 0 rings (SSSR count). The Kier molecular flexibility index (Phi) is 70.3. The Labute approximate surface area is 607 Å². The summed E-state index contributed by atoms with van der Waals surface area (Å²) in [6.07, 6.45) is 60.8. The van der Waals surface area contributed by atoms with Gasteiger partial charge < -0.3 is 33.8 Å². The molecule has 0 aromatic carbocycles. The number of phosphoric ester groups is 2. The molecule has 0 aromatic rings. The fourth-order valence-corrected chi connectivity index (χ4v) is 13.9. The van der Waals surface area contributed by atoms with Gasteiger partial charge in [0.2, 0.25) is 0 Å². The van der Waals surface area contributed by atoms with Crippen LogP contribution in [0.2, 0.25) is 0 Å². The van der Waals surface area contributed by atoms with E-state index in [1.807, 2.05) is 0 Å². The van der Waals surface area contributed by atoms with Crippen LogP contribution in [0, 0.1) is 11.8 Å². The van der Waals surface area contributed by atoms with Crippen LogP contribution in [0.5, 0.6) is 0 Å². The second-order valence-corrected chi connectivity index (χ2v) is 32.4. The van der Waals surface area contributed by atoms with Crippen LogP contribution in [0.15, 0.2) is 0 Å². The molecule has 588 valence electrons. The summed E-state index contributed by atoms with van der Waals surface area (Å²) in [6, 6.07) is 0. The van der Waals surface area contributed by atoms with E-state index < -0.39 is 97.5 Å². The third-order valence-electron chi connectivity index (χ3n) is 19.1. The molecule has 0 aromatic heterocycles. The van der Waals surface area contributed by atoms with Gasteiger partial charge in [0.05, 0.1) is 26.4 Å². The monoisotopic (exact) mass is 1450 g/mol. The van der Waals surface area contributed by atoms with Gasteiger partial charge in [-0.15, -0.1) is 0 Å². The standard InChI is InChI=1S/C80H156O17P2/c1-7-10-12-14-16-18-20-22-23-28-32-39-45-51-57-63-78(83)91-68-75(96-79(84)64-58-52-46-40-33-29-25-24-27-30-37-43-49-55-61-73(6)9-3)70-94-98(86,87)92-66-74(81)67-93-99(88,89)95-71-76(97-80(85)65-59-53-47-41-35-34-36-42-48-54-60-72(4)5)69-90-77(82)62-56-50-44-38-31-26-21-19-17-15-13-11-8-2/h72-76,81H,7-71H2,1-6H3,(H,86,87)(H,88,89)/t73?,74-,75-,76-/m1/s1. The van der Waals surface area contributed by atoms with Crippen LogP contribution < -0.4 is 0 Å². The summed E-state index contributed by atoms with van der Waals surface area (Å²) in [5.41, 5.74) is 0. The Bertz CT molecular complexity index is 1910. The van der Waals surface area contributed by atoms with Crippen molar-refractivity contribution in [2.75, 3.05) is 39.6 Å². The summed E-state index contributed by atoms with van der Waals surface area (Å²) in [7, 11) is -9.92. The number of esters is 4. The zero-order valence-electron chi connectivity index (χ0n) is 64.8. The third kappa shape index (κ3) is 72.8. The average molecular weight is 1450 g/mol. The van der Waals surface area contributed by atoms with E-state index in [4.69, 9.17) is 37.0 Å². The molecule has 0 saturated heterocycles. The van der Waals surface area contributed by atoms with Gasteiger partial charge in [-0.25, -0.2) is 9.13 Å². The number of rotatable bonds is 79. The van der Waals surface area contributed by atoms with Crippen LogP contribution in [0.4, 0.5) is 0 Å². The fourth-order valence-electron chi connectivity index (χ4n) is 12.3. The highest BCUT2D eigenvalue weighted by atomic mass is 31.2. The van der Waals surface area contributed by atoms with Crippen LogP contribution in [0.1, 0.15) is 420 Å². The lowest BCUT2D eigenvalue weighted by molar-refractivity contribution is -0.161. The fraction of sp³-hybridized carbons (Fsp3) is 0.950. The molecule has 0 saturated carbocycles. The van der Waals surface area contributed by atoms with Gasteiger partial charge in [-0.05, 0) is 37.5 Å². The van der Waals surface area contributed by atoms with E-state index in [1.165, 1.54) is 238 Å². The molecule has 0 aliphatic rings. The molecule has 0 aliphatic heterocycles. The highest BCUT2D eigenvalue weighted by Gasteiger charge is 2.30. The Morgan fingerprint density at radius 1 is 0.293 bits per heavy atom. The number of hydrogen-bond acceptors (Lipinski definition) is 15. The van der Waals surface area contributed by atoms with E-state index in [2.05, 4.69) is 41.5 Å². The molecule has 0 bridgehead atoms. The largest absolute Gasteiger partial charge is 0.472 e. The lowest BCUT2D eigenvalue weighted by Gasteiger charge is -2.21. The predicted molar refractivity (Wildman–Crippen MR) is 405 cm³/mol. The number of aliphatic hydroxyl groups excluding tert-OH is 1. The van der Waals surface area contributed by atoms with Gasteiger partial charge in [-0.3, -0.25) is 37.3 Å². The second-order valence-electron chi connectivity index (χ2n) is 29.5. The maximum Gasteiger partial charge on any atom is 0.472 e. The first kappa shape index (κ1) is 97.1. The minimum Gasteiger partial charge on any atom is -0.462 e. The van der Waals surface area contributed by atoms with Crippen molar-refractivity contribution in [3.05, 3.63) is 0 Å². The van der Waals surface area contributed by atoms with Gasteiger partial charge in [0.25, 0.3) is 0 Å². The lowest BCUT2D eigenvalue weighted by Crippen LogP contribution is -2.30. The lowest BCUT2D eigenvalue weighted by atomic mass is 9.99. The normalized spacial score (nSPS) is 14.2. The van der Waals surface area contributed by atoms with E-state index in [0.717, 1.165) is 102 Å². The Balaban J connectivity index is 5.26. The second kappa shape index (κ2) is 71.7. The molecule has 19 heteroatoms. The molecule has 0 radical (unpaired) electrons. The van der Waals surface area contributed by atoms with Gasteiger partial charge in [0, 0.05) is 25.7 Å². The van der Waals surface area contributed by atoms with Gasteiger partial charge >= 0.3 is 39.5 Å². The van der Waals surface area contributed by atoms with Crippen molar-refractivity contribution in [2.45, 2.75) is 439 Å². The van der Waals surface area contributed by atoms with E-state index in [1.54, 1.807) is 0 Å². The van der Waals surface area contributed by atoms with Gasteiger partial charge in [0.1, 0.15) is 19.3 Å². The van der Waals surface area contributed by atoms with E-state index in [9.17, 15) is 43.2 Å². The summed E-state index contributed by atoms with van der Waals surface area (Å²) in [6.45, 7) is 9.68. The SMILES string of the molecule is CCCCCCCCCCCCCCCCCC(=O)OC[C@H](COP(=O)(O)OC[C@@H](O)COP(=O)(O)OC[C@@H](COC(=O)CCCCCCCCCCCCCCC)OC(=O)CCCCCCCCCCCCC(C)C)OC(=O)CCCCCCCCCCCCCCCCC(C)CC. The minimum atomic E-state index is -4.96. The Morgan fingerprint density at radius 2 is 0.515 bits per heavy atom. The highest BCUT2D eigenvalue weighted by Crippen LogP contribution is 2.45. The van der Waals surface area contributed by atoms with Gasteiger partial charge in [-0.2, -0.15) is 0 Å². The molecule has 0 aliphatic carbocycles. The molecule has 99 heavy (non-hydrogen) atoms. The highest BCUT2D eigenvalue weighted by molar-refractivity contribution is 7.47. The molecule has 6 atom stereocenters. The third-order valence-corrected chi connectivity index (χ3v) is 21.0. The summed E-state index contributed by atoms with van der Waals surface area (Å²) >= 11 is 0. The molecule has 0 fully saturated rings. The first-order valence-corrected chi connectivity index (χ1v) is 44.5. The molecule has 0 spiro atoms. The number of phosphoric acid groups is 2. The van der Waals surface area contributed by atoms with E-state index >= 15 is 0 Å². The average Bonchev–Trinajstić information content (AvgIpc) is 1.07. The van der Waals surface area contributed by atoms with Gasteiger partial charge in [-0.1, -0.05) is 369 Å². The maximum absolute atomic E-state index is 13.1. The van der Waals surface area contributed by atoms with Crippen molar-refractivity contribution in [1.82, 2.24) is 0 Å². The summed E-state index contributed by atoms with van der Waals surface area (Å²) in [5.74, 6) is -0.509. The van der Waals surface area contributed by atoms with Crippen LogP contribution in [-0.4, -0.2) is 96.7 Å². The van der Waals surface area contributed by atoms with Crippen molar-refractivity contribution >= 4 is 39.5 Å². The predicted octanol–water partition coefficient (Wildman–Crippen LogP) is 23.9. The number of aliphatic hydroxyl groups is 1. The minimum absolute atomic E-state index is 0.107. The van der Waals surface area contributed by atoms with Crippen molar-refractivity contribution in [3.8, 4) is 0 Å². The number of carbonyl (C=O) groups excluding carboxylic acids is 4. The van der Waals surface area contributed by atoms with E-state index in [0.29, 0.717) is 25.7 Å². The zero-order valence-corrected chi connectivity index (χ0v) is 66.6. The van der Waals surface area contributed by atoms with Crippen LogP contribution >= 0.6 is 15.6 Å². The van der Waals surface area contributed by atoms with E-state index in [-0.39, 0.29) is 25.7 Å². The molecular weight excluding hydrogens is 1290 g/mol. The van der Waals surface area contributed by atoms with Crippen LogP contribution in [0.3, 0.4) is 0 Å². The van der Waals surface area contributed by atoms with Crippen LogP contribution in [0.25, 0.3) is 0 Å². The van der Waals surface area contributed by atoms with Crippen LogP contribution in [-0.2, 0) is 65.4 Å². The number of carbonyl (C=O) groups is 4. The van der Waals surface area contributed by atoms with Crippen molar-refractivity contribution in [1.29, 1.82) is 0 Å². The molecule has 3 N–H and O–H groups in total. The molecular formula is C80H156O17P2. The first-order valence-electron chi connectivity index (χ1n) is 41.5. The molecule has 17 nitrogen and oxygen atoms in total. The molecule has 0 amide bonds. The summed E-state index contributed by atoms with van der Waals surface area (Å²) in [4.78, 5) is 73.0. The van der Waals surface area contributed by atoms with Gasteiger partial charge in [0.15, 0.2) is 12.2 Å². The molecule has 0 heterocycles. The van der Waals surface area contributed by atoms with Crippen molar-refractivity contribution < 1.29 is 80.2 Å². The van der Waals surface area contributed by atoms with Crippen molar-refractivity contribution in [3.63, 3.8) is 0 Å². The summed E-state index contributed by atoms with van der Waals surface area (Å²) in [5, 5.41) is 10.6. The maximum atomic E-state index is 13.1. The number of unbranched alkanes of at least 4 members (excludes halogenated alkanes) is 48. The molecule has 3 unspecified atom stereocenters. The first-order chi connectivity index (χ1) is 47.9. The topological polar surface area (TPSA) is 237 Å². The van der Waals surface area contributed by atoms with Crippen molar-refractivity contribution in [2.24, 2.45) is 11.8 Å². The smallest absolute Gasteiger partial charge is 0.462 e. The Morgan fingerprint density at radius 3 is 0.768 bits per heavy atom.